The molecule has 0 heteroatoms. The van der Waals surface area contributed by atoms with Gasteiger partial charge in [0.25, 0.3) is 0 Å². The molecule has 0 radical (unpaired) electrons. The monoisotopic (exact) mass is 146 g/mol. The van der Waals surface area contributed by atoms with Crippen molar-refractivity contribution in [2.45, 2.75) is 19.8 Å². The van der Waals surface area contributed by atoms with Gasteiger partial charge in [0.1, 0.15) is 0 Å². The van der Waals surface area contributed by atoms with E-state index >= 15 is 0 Å². The van der Waals surface area contributed by atoms with Gasteiger partial charge in [0.2, 0.25) is 0 Å². The van der Waals surface area contributed by atoms with Crippen molar-refractivity contribution >= 4 is 0 Å². The minimum Gasteiger partial charge on any atom is -0.102 e. The molecule has 0 saturated heterocycles. The van der Waals surface area contributed by atoms with Gasteiger partial charge in [0.15, 0.2) is 0 Å². The van der Waals surface area contributed by atoms with E-state index in [1.807, 2.05) is 6.08 Å². The fourth-order valence-electron chi connectivity index (χ4n) is 1.01. The molecule has 0 aromatic heterocycles. The summed E-state index contributed by atoms with van der Waals surface area (Å²) in [5.74, 6) is 0.468. The lowest BCUT2D eigenvalue weighted by molar-refractivity contribution is 0.970. The summed E-state index contributed by atoms with van der Waals surface area (Å²) in [6.45, 7) is 8.01. The molecule has 0 aliphatic carbocycles. The first kappa shape index (κ1) is 8.06. The third-order valence-electron chi connectivity index (χ3n) is 1.96. The highest BCUT2D eigenvalue weighted by Gasteiger charge is 1.97. The van der Waals surface area contributed by atoms with Crippen LogP contribution >= 0.6 is 0 Å². The van der Waals surface area contributed by atoms with Crippen LogP contribution in [0.15, 0.2) is 36.9 Å². The van der Waals surface area contributed by atoms with Crippen molar-refractivity contribution in [3.63, 3.8) is 0 Å². The molecule has 0 heterocycles. The van der Waals surface area contributed by atoms with Gasteiger partial charge in [-0.2, -0.15) is 0 Å². The second-order valence-electron chi connectivity index (χ2n) is 2.94. The fourth-order valence-corrected chi connectivity index (χ4v) is 1.01. The van der Waals surface area contributed by atoms with E-state index in [9.17, 15) is 0 Å². The van der Waals surface area contributed by atoms with Crippen molar-refractivity contribution in [1.82, 2.24) is 0 Å². The fraction of sp³-hybridized carbons (Fsp3) is 0.273. The van der Waals surface area contributed by atoms with Crippen LogP contribution in [0.25, 0.3) is 0 Å². The summed E-state index contributed by atoms with van der Waals surface area (Å²) in [7, 11) is 0. The van der Waals surface area contributed by atoms with E-state index in [1.54, 1.807) is 0 Å². The molecule has 0 spiro atoms. The van der Waals surface area contributed by atoms with Crippen molar-refractivity contribution in [3.8, 4) is 0 Å². The summed E-state index contributed by atoms with van der Waals surface area (Å²) in [5, 5.41) is 0. The first-order valence-corrected chi connectivity index (χ1v) is 3.93. The Morgan fingerprint density at radius 3 is 2.27 bits per heavy atom. The van der Waals surface area contributed by atoms with Gasteiger partial charge >= 0.3 is 0 Å². The number of hydrogen-bond acceptors (Lipinski definition) is 0. The van der Waals surface area contributed by atoms with E-state index in [2.05, 4.69) is 44.7 Å². The molecule has 1 aromatic carbocycles. The largest absolute Gasteiger partial charge is 0.102 e. The Bertz CT molecular complexity index is 231. The third kappa shape index (κ3) is 1.94. The zero-order chi connectivity index (χ0) is 8.27. The lowest BCUT2D eigenvalue weighted by atomic mass is 10.0. The SMILES string of the molecule is C=CC(C)c1ccc(C)cc1. The molecule has 1 aromatic rings. The van der Waals surface area contributed by atoms with Gasteiger partial charge in [-0.3, -0.25) is 0 Å². The molecule has 0 amide bonds. The van der Waals surface area contributed by atoms with Crippen molar-refractivity contribution in [2.75, 3.05) is 0 Å². The van der Waals surface area contributed by atoms with Crippen LogP contribution in [0.1, 0.15) is 24.0 Å². The Morgan fingerprint density at radius 2 is 1.82 bits per heavy atom. The van der Waals surface area contributed by atoms with Crippen molar-refractivity contribution < 1.29 is 0 Å². The maximum Gasteiger partial charge on any atom is -0.00131 e. The minimum absolute atomic E-state index is 0.468. The topological polar surface area (TPSA) is 0 Å². The summed E-state index contributed by atoms with van der Waals surface area (Å²) in [5.41, 5.74) is 2.65. The Morgan fingerprint density at radius 1 is 1.27 bits per heavy atom. The third-order valence-corrected chi connectivity index (χ3v) is 1.96. The highest BCUT2D eigenvalue weighted by molar-refractivity contribution is 5.26. The van der Waals surface area contributed by atoms with Gasteiger partial charge in [-0.05, 0) is 18.4 Å². The van der Waals surface area contributed by atoms with Crippen LogP contribution < -0.4 is 0 Å². The second-order valence-corrected chi connectivity index (χ2v) is 2.94. The summed E-state index contributed by atoms with van der Waals surface area (Å²) in [4.78, 5) is 0. The number of allylic oxidation sites excluding steroid dienone is 1. The normalized spacial score (nSPS) is 12.5. The van der Waals surface area contributed by atoms with E-state index < -0.39 is 0 Å². The average Bonchev–Trinajstić information content (AvgIpc) is 2.05. The highest BCUT2D eigenvalue weighted by Crippen LogP contribution is 2.15. The van der Waals surface area contributed by atoms with E-state index in [-0.39, 0.29) is 0 Å². The Kier molecular flexibility index (Phi) is 2.48. The van der Waals surface area contributed by atoms with Gasteiger partial charge < -0.3 is 0 Å². The Labute approximate surface area is 68.6 Å². The predicted octanol–water partition coefficient (Wildman–Crippen LogP) is 3.28. The van der Waals surface area contributed by atoms with Gasteiger partial charge in [0, 0.05) is 0 Å². The molecule has 0 nitrogen and oxygen atoms in total. The van der Waals surface area contributed by atoms with Crippen LogP contribution in [-0.4, -0.2) is 0 Å². The van der Waals surface area contributed by atoms with Crippen LogP contribution in [0.2, 0.25) is 0 Å². The maximum atomic E-state index is 3.76. The molecule has 1 rings (SSSR count). The number of aryl methyl sites for hydroxylation is 1. The molecule has 1 unspecified atom stereocenters. The Hall–Kier alpha value is -1.04. The lowest BCUT2D eigenvalue weighted by Crippen LogP contribution is -1.87. The molecule has 0 aliphatic rings. The van der Waals surface area contributed by atoms with Crippen molar-refractivity contribution in [1.29, 1.82) is 0 Å². The van der Waals surface area contributed by atoms with Crippen LogP contribution in [0, 0.1) is 6.92 Å². The Balaban J connectivity index is 2.89. The minimum atomic E-state index is 0.468. The van der Waals surface area contributed by atoms with Gasteiger partial charge in [-0.25, -0.2) is 0 Å². The zero-order valence-corrected chi connectivity index (χ0v) is 7.17. The molecule has 11 heavy (non-hydrogen) atoms. The number of benzene rings is 1. The molecule has 0 saturated carbocycles. The van der Waals surface area contributed by atoms with Gasteiger partial charge in [-0.1, -0.05) is 42.8 Å². The van der Waals surface area contributed by atoms with E-state index in [1.165, 1.54) is 11.1 Å². The standard InChI is InChI=1S/C11H14/c1-4-10(3)11-7-5-9(2)6-8-11/h4-8,10H,1H2,2-3H3. The van der Waals surface area contributed by atoms with Crippen LogP contribution in [-0.2, 0) is 0 Å². The predicted molar refractivity (Wildman–Crippen MR) is 49.8 cm³/mol. The average molecular weight is 146 g/mol. The quantitative estimate of drug-likeness (QED) is 0.562. The van der Waals surface area contributed by atoms with E-state index in [0.29, 0.717) is 5.92 Å². The first-order valence-electron chi connectivity index (χ1n) is 3.93. The van der Waals surface area contributed by atoms with E-state index in [0.717, 1.165) is 0 Å². The molecule has 0 fully saturated rings. The van der Waals surface area contributed by atoms with Crippen molar-refractivity contribution in [3.05, 3.63) is 48.0 Å². The molecular formula is C11H14. The summed E-state index contributed by atoms with van der Waals surface area (Å²) >= 11 is 0. The van der Waals surface area contributed by atoms with Crippen molar-refractivity contribution in [2.24, 2.45) is 0 Å². The number of hydrogen-bond donors (Lipinski definition) is 0. The smallest absolute Gasteiger partial charge is 0.00131 e. The van der Waals surface area contributed by atoms with Gasteiger partial charge in [0.05, 0.1) is 0 Å². The maximum absolute atomic E-state index is 3.76. The molecule has 1 atom stereocenters. The molecule has 0 bridgehead atoms. The van der Waals surface area contributed by atoms with E-state index in [4.69, 9.17) is 0 Å². The van der Waals surface area contributed by atoms with Crippen LogP contribution in [0.4, 0.5) is 0 Å². The number of rotatable bonds is 2. The zero-order valence-electron chi connectivity index (χ0n) is 7.17. The molecule has 0 N–H and O–H groups in total. The molecular weight excluding hydrogens is 132 g/mol. The first-order chi connectivity index (χ1) is 5.24. The van der Waals surface area contributed by atoms with Crippen LogP contribution in [0.5, 0.6) is 0 Å². The second kappa shape index (κ2) is 3.38. The summed E-state index contributed by atoms with van der Waals surface area (Å²) in [6, 6.07) is 8.58. The summed E-state index contributed by atoms with van der Waals surface area (Å²) in [6.07, 6.45) is 1.96. The molecule has 58 valence electrons. The lowest BCUT2D eigenvalue weighted by Gasteiger charge is -2.05. The summed E-state index contributed by atoms with van der Waals surface area (Å²) < 4.78 is 0. The highest BCUT2D eigenvalue weighted by atomic mass is 14.0. The molecule has 0 aliphatic heterocycles. The van der Waals surface area contributed by atoms with Gasteiger partial charge in [-0.15, -0.1) is 6.58 Å². The van der Waals surface area contributed by atoms with Crippen LogP contribution in [0.3, 0.4) is 0 Å².